The average Bonchev–Trinajstić information content (AvgIpc) is 2.86. The first-order chi connectivity index (χ1) is 11.5. The molecule has 0 saturated heterocycles. The monoisotopic (exact) mass is 323 g/mol. The highest BCUT2D eigenvalue weighted by Crippen LogP contribution is 2.20. The summed E-state index contributed by atoms with van der Waals surface area (Å²) in [5.41, 5.74) is 2.88. The molecule has 1 atom stereocenters. The molecule has 124 valence electrons. The van der Waals surface area contributed by atoms with E-state index < -0.39 is 0 Å². The van der Waals surface area contributed by atoms with Crippen molar-refractivity contribution in [2.24, 2.45) is 7.05 Å². The molecule has 2 heterocycles. The molecule has 24 heavy (non-hydrogen) atoms. The van der Waals surface area contributed by atoms with Gasteiger partial charge in [0.05, 0.1) is 11.7 Å². The molecule has 0 saturated carbocycles. The third-order valence-electron chi connectivity index (χ3n) is 4.07. The van der Waals surface area contributed by atoms with E-state index in [0.717, 1.165) is 11.3 Å². The van der Waals surface area contributed by atoms with Gasteiger partial charge in [-0.25, -0.2) is 4.98 Å². The van der Waals surface area contributed by atoms with Crippen LogP contribution in [-0.4, -0.2) is 19.3 Å². The molecule has 0 radical (unpaired) electrons. The zero-order valence-electron chi connectivity index (χ0n) is 14.2. The first kappa shape index (κ1) is 16.0. The molecule has 2 aromatic heterocycles. The van der Waals surface area contributed by atoms with Crippen LogP contribution in [-0.2, 0) is 13.6 Å². The number of fused-ring (bicyclic) bond motifs is 1. The lowest BCUT2D eigenvalue weighted by Gasteiger charge is -2.18. The molecule has 1 unspecified atom stereocenters. The second-order valence-electron chi connectivity index (χ2n) is 5.82. The van der Waals surface area contributed by atoms with Gasteiger partial charge in [-0.1, -0.05) is 36.4 Å². The molecule has 6 heteroatoms. The Morgan fingerprint density at radius 2 is 2.04 bits per heavy atom. The molecule has 3 rings (SSSR count). The van der Waals surface area contributed by atoms with Gasteiger partial charge < -0.3 is 5.32 Å². The Kier molecular flexibility index (Phi) is 4.20. The van der Waals surface area contributed by atoms with Crippen molar-refractivity contribution in [2.75, 3.05) is 5.32 Å². The molecule has 0 aliphatic rings. The molecule has 1 aromatic carbocycles. The minimum Gasteiger partial charge on any atom is -0.349 e. The van der Waals surface area contributed by atoms with Gasteiger partial charge in [0.2, 0.25) is 5.95 Å². The maximum Gasteiger partial charge on any atom is 0.281 e. The standard InChI is InChI=1S/C18H21N5O/c1-5-11-23-17(24)16-15(13(3)21-22(16)4)20-18(23)19-12(2)14-9-7-6-8-10-14/h5-10,12H,1,11H2,2-4H3,(H,19,20). The molecule has 0 aliphatic heterocycles. The second kappa shape index (κ2) is 6.31. The molecule has 0 fully saturated rings. The number of rotatable bonds is 5. The van der Waals surface area contributed by atoms with Crippen molar-refractivity contribution in [3.8, 4) is 0 Å². The van der Waals surface area contributed by atoms with Crippen molar-refractivity contribution in [1.82, 2.24) is 19.3 Å². The second-order valence-corrected chi connectivity index (χ2v) is 5.82. The van der Waals surface area contributed by atoms with Crippen LogP contribution in [0, 0.1) is 6.92 Å². The molecule has 0 bridgehead atoms. The van der Waals surface area contributed by atoms with Gasteiger partial charge in [0.1, 0.15) is 5.52 Å². The van der Waals surface area contributed by atoms with Crippen LogP contribution >= 0.6 is 0 Å². The number of aryl methyl sites for hydroxylation is 2. The number of benzene rings is 1. The number of nitrogens with zero attached hydrogens (tertiary/aromatic N) is 4. The molecule has 0 spiro atoms. The highest BCUT2D eigenvalue weighted by Gasteiger charge is 2.17. The maximum atomic E-state index is 12.9. The van der Waals surface area contributed by atoms with Gasteiger partial charge >= 0.3 is 0 Å². The van der Waals surface area contributed by atoms with Crippen molar-refractivity contribution in [3.05, 3.63) is 64.6 Å². The topological polar surface area (TPSA) is 64.7 Å². The molecule has 0 aliphatic carbocycles. The number of aromatic nitrogens is 4. The van der Waals surface area contributed by atoms with Gasteiger partial charge in [-0.05, 0) is 19.4 Å². The summed E-state index contributed by atoms with van der Waals surface area (Å²) < 4.78 is 3.18. The molecule has 6 nitrogen and oxygen atoms in total. The Morgan fingerprint density at radius 3 is 2.71 bits per heavy atom. The van der Waals surface area contributed by atoms with Crippen LogP contribution in [0.3, 0.4) is 0 Å². The zero-order chi connectivity index (χ0) is 17.3. The number of anilines is 1. The fourth-order valence-corrected chi connectivity index (χ4v) is 2.84. The van der Waals surface area contributed by atoms with E-state index in [-0.39, 0.29) is 11.6 Å². The summed E-state index contributed by atoms with van der Waals surface area (Å²) in [5.74, 6) is 0.528. The van der Waals surface area contributed by atoms with Gasteiger partial charge in [0.25, 0.3) is 5.56 Å². The van der Waals surface area contributed by atoms with E-state index in [1.165, 1.54) is 0 Å². The van der Waals surface area contributed by atoms with E-state index in [2.05, 4.69) is 22.0 Å². The predicted octanol–water partition coefficient (Wildman–Crippen LogP) is 2.80. The summed E-state index contributed by atoms with van der Waals surface area (Å²) in [4.78, 5) is 17.5. The fraction of sp³-hybridized carbons (Fsp3) is 0.278. The number of nitrogens with one attached hydrogen (secondary N) is 1. The number of hydrogen-bond donors (Lipinski definition) is 1. The minimum absolute atomic E-state index is 0.0172. The summed E-state index contributed by atoms with van der Waals surface area (Å²) in [5, 5.41) is 7.67. The first-order valence-corrected chi connectivity index (χ1v) is 7.89. The van der Waals surface area contributed by atoms with Crippen LogP contribution in [0.4, 0.5) is 5.95 Å². The number of allylic oxidation sites excluding steroid dienone is 1. The van der Waals surface area contributed by atoms with E-state index in [0.29, 0.717) is 23.5 Å². The Labute approximate surface area is 140 Å². The molecule has 0 amide bonds. The van der Waals surface area contributed by atoms with Gasteiger partial charge in [0, 0.05) is 13.6 Å². The number of hydrogen-bond acceptors (Lipinski definition) is 4. The largest absolute Gasteiger partial charge is 0.349 e. The van der Waals surface area contributed by atoms with Gasteiger partial charge in [-0.15, -0.1) is 6.58 Å². The van der Waals surface area contributed by atoms with Crippen LogP contribution in [0.25, 0.3) is 11.0 Å². The predicted molar refractivity (Wildman–Crippen MR) is 96.2 cm³/mol. The SMILES string of the molecule is C=CCn1c(NC(C)c2ccccc2)nc2c(C)nn(C)c2c1=O. The van der Waals surface area contributed by atoms with Crippen LogP contribution < -0.4 is 10.9 Å². The summed E-state index contributed by atoms with van der Waals surface area (Å²) in [6.45, 7) is 8.03. The molecular formula is C18H21N5O. The van der Waals surface area contributed by atoms with Crippen molar-refractivity contribution >= 4 is 17.0 Å². The van der Waals surface area contributed by atoms with Crippen LogP contribution in [0.15, 0.2) is 47.8 Å². The van der Waals surface area contributed by atoms with Crippen molar-refractivity contribution in [3.63, 3.8) is 0 Å². The molecule has 1 N–H and O–H groups in total. The maximum absolute atomic E-state index is 12.9. The van der Waals surface area contributed by atoms with Gasteiger partial charge in [-0.2, -0.15) is 5.10 Å². The first-order valence-electron chi connectivity index (χ1n) is 7.89. The zero-order valence-corrected chi connectivity index (χ0v) is 14.2. The lowest BCUT2D eigenvalue weighted by atomic mass is 10.1. The Bertz CT molecular complexity index is 939. The molecular weight excluding hydrogens is 302 g/mol. The minimum atomic E-state index is -0.120. The highest BCUT2D eigenvalue weighted by atomic mass is 16.1. The summed E-state index contributed by atoms with van der Waals surface area (Å²) in [6, 6.07) is 10.1. The third-order valence-corrected chi connectivity index (χ3v) is 4.07. The van der Waals surface area contributed by atoms with Crippen molar-refractivity contribution in [2.45, 2.75) is 26.4 Å². The lowest BCUT2D eigenvalue weighted by Crippen LogP contribution is -2.26. The Morgan fingerprint density at radius 1 is 1.33 bits per heavy atom. The lowest BCUT2D eigenvalue weighted by molar-refractivity contribution is 0.729. The van der Waals surface area contributed by atoms with Gasteiger partial charge in [-0.3, -0.25) is 14.0 Å². The Hall–Kier alpha value is -2.89. The quantitative estimate of drug-likeness (QED) is 0.733. The van der Waals surface area contributed by atoms with E-state index in [1.807, 2.05) is 44.2 Å². The van der Waals surface area contributed by atoms with E-state index in [1.54, 1.807) is 22.4 Å². The highest BCUT2D eigenvalue weighted by molar-refractivity contribution is 5.77. The van der Waals surface area contributed by atoms with E-state index in [9.17, 15) is 4.79 Å². The van der Waals surface area contributed by atoms with Gasteiger partial charge in [0.15, 0.2) is 5.52 Å². The molecule has 3 aromatic rings. The van der Waals surface area contributed by atoms with E-state index >= 15 is 0 Å². The summed E-state index contributed by atoms with van der Waals surface area (Å²) >= 11 is 0. The van der Waals surface area contributed by atoms with Crippen molar-refractivity contribution < 1.29 is 0 Å². The smallest absolute Gasteiger partial charge is 0.281 e. The fourth-order valence-electron chi connectivity index (χ4n) is 2.84. The van der Waals surface area contributed by atoms with Crippen molar-refractivity contribution in [1.29, 1.82) is 0 Å². The summed E-state index contributed by atoms with van der Waals surface area (Å²) in [6.07, 6.45) is 1.69. The van der Waals surface area contributed by atoms with E-state index in [4.69, 9.17) is 0 Å². The summed E-state index contributed by atoms with van der Waals surface area (Å²) in [7, 11) is 1.76. The third kappa shape index (κ3) is 2.71. The van der Waals surface area contributed by atoms with Crippen LogP contribution in [0.1, 0.15) is 24.2 Å². The normalized spacial score (nSPS) is 12.3. The van der Waals surface area contributed by atoms with Crippen LogP contribution in [0.5, 0.6) is 0 Å². The average molecular weight is 323 g/mol. The Balaban J connectivity index is 2.12. The van der Waals surface area contributed by atoms with Crippen LogP contribution in [0.2, 0.25) is 0 Å².